The van der Waals surface area contributed by atoms with Gasteiger partial charge < -0.3 is 14.5 Å². The van der Waals surface area contributed by atoms with Crippen molar-refractivity contribution in [1.82, 2.24) is 4.98 Å². The number of benzene rings is 3. The number of allylic oxidation sites excluding steroid dienone is 2. The zero-order chi connectivity index (χ0) is 26.7. The number of methoxy groups -OCH3 is 1. The number of halogens is 3. The molecular weight excluding hydrogens is 498 g/mol. The number of nitrogens with one attached hydrogen (secondary N) is 1. The van der Waals surface area contributed by atoms with Crippen molar-refractivity contribution in [3.05, 3.63) is 94.5 Å². The Hall–Kier alpha value is -3.97. The molecule has 3 aromatic carbocycles. The number of aliphatic imine (C=N–C) groups is 1. The van der Waals surface area contributed by atoms with Crippen molar-refractivity contribution in [3.8, 4) is 22.4 Å². The number of rotatable bonds is 7. The van der Waals surface area contributed by atoms with Gasteiger partial charge >= 0.3 is 5.97 Å². The normalized spacial score (nSPS) is 13.1. The lowest BCUT2D eigenvalue weighted by molar-refractivity contribution is 0.0317. The zero-order valence-corrected chi connectivity index (χ0v) is 21.5. The van der Waals surface area contributed by atoms with Crippen LogP contribution in [0, 0.1) is 5.82 Å². The van der Waals surface area contributed by atoms with Crippen molar-refractivity contribution < 1.29 is 23.0 Å². The van der Waals surface area contributed by atoms with Crippen LogP contribution in [-0.2, 0) is 9.47 Å². The summed E-state index contributed by atoms with van der Waals surface area (Å²) < 4.78 is 38.3. The third-order valence-corrected chi connectivity index (χ3v) is 6.17. The second kappa shape index (κ2) is 11.0. The number of nitrogens with zero attached hydrogens (tertiary/aromatic N) is 1. The molecule has 190 valence electrons. The molecule has 0 spiro atoms. The van der Waals surface area contributed by atoms with E-state index >= 15 is 0 Å². The van der Waals surface area contributed by atoms with Crippen LogP contribution in [-0.4, -0.2) is 37.2 Å². The topological polar surface area (TPSA) is 63.7 Å². The van der Waals surface area contributed by atoms with Crippen LogP contribution in [0.4, 0.5) is 8.78 Å². The van der Waals surface area contributed by atoms with Crippen molar-refractivity contribution in [3.63, 3.8) is 0 Å². The molecule has 1 aromatic heterocycles. The van der Waals surface area contributed by atoms with Gasteiger partial charge in [0.25, 0.3) is 0 Å². The minimum Gasteiger partial charge on any atom is -0.465 e. The number of carbonyl (C=O) groups excluding carboxylic acids is 1. The quantitative estimate of drug-likeness (QED) is 0.153. The molecule has 0 bridgehead atoms. The molecule has 1 heterocycles. The van der Waals surface area contributed by atoms with Gasteiger partial charge in [-0.25, -0.2) is 13.6 Å². The van der Waals surface area contributed by atoms with E-state index in [0.717, 1.165) is 11.1 Å². The minimum atomic E-state index is -1.56. The van der Waals surface area contributed by atoms with Crippen LogP contribution in [0.25, 0.3) is 33.3 Å². The van der Waals surface area contributed by atoms with Gasteiger partial charge in [-0.15, -0.1) is 0 Å². The summed E-state index contributed by atoms with van der Waals surface area (Å²) in [5, 5.41) is 0.965. The van der Waals surface area contributed by atoms with Crippen LogP contribution in [0.5, 0.6) is 0 Å². The number of hydrogen-bond donors (Lipinski definition) is 1. The molecule has 0 aliphatic heterocycles. The summed E-state index contributed by atoms with van der Waals surface area (Å²) in [7, 11) is 2.88. The first-order valence-electron chi connectivity index (χ1n) is 11.5. The Morgan fingerprint density at radius 3 is 2.51 bits per heavy atom. The Bertz CT molecular complexity index is 1540. The maximum absolute atomic E-state index is 14.3. The molecule has 0 amide bonds. The van der Waals surface area contributed by atoms with Crippen molar-refractivity contribution in [1.29, 1.82) is 0 Å². The van der Waals surface area contributed by atoms with Crippen LogP contribution < -0.4 is 0 Å². The fourth-order valence-corrected chi connectivity index (χ4v) is 4.53. The number of hydrogen-bond acceptors (Lipinski definition) is 4. The molecule has 8 heteroatoms. The van der Waals surface area contributed by atoms with Crippen LogP contribution in [0.1, 0.15) is 29.8 Å². The van der Waals surface area contributed by atoms with E-state index in [1.54, 1.807) is 44.3 Å². The molecular formula is C29H25ClF2N2O3. The van der Waals surface area contributed by atoms with Gasteiger partial charge in [0.15, 0.2) is 0 Å². The summed E-state index contributed by atoms with van der Waals surface area (Å²) in [5.41, 5.74) is 4.92. The molecule has 5 nitrogen and oxygen atoms in total. The van der Waals surface area contributed by atoms with E-state index in [4.69, 9.17) is 21.1 Å². The SMILES string of the molecule is C/C=C(OC(C)F)\C(=N/C)c1c(-c2cccc(-c3ccc(C(=O)OC)cc3Cl)c2)[nH]c2ccc(F)cc12. The van der Waals surface area contributed by atoms with E-state index in [9.17, 15) is 13.6 Å². The molecule has 1 atom stereocenters. The fraction of sp³-hybridized carbons (Fsp3) is 0.172. The Morgan fingerprint density at radius 2 is 1.86 bits per heavy atom. The van der Waals surface area contributed by atoms with E-state index in [-0.39, 0.29) is 5.76 Å². The second-order valence-electron chi connectivity index (χ2n) is 8.22. The van der Waals surface area contributed by atoms with E-state index in [1.165, 1.54) is 26.2 Å². The lowest BCUT2D eigenvalue weighted by atomic mass is 9.96. The highest BCUT2D eigenvalue weighted by Gasteiger charge is 2.23. The first kappa shape index (κ1) is 26.1. The van der Waals surface area contributed by atoms with E-state index in [0.29, 0.717) is 44.0 Å². The molecule has 0 aliphatic rings. The first-order valence-corrected chi connectivity index (χ1v) is 11.9. The molecule has 1 N–H and O–H groups in total. The number of aromatic nitrogens is 1. The van der Waals surface area contributed by atoms with Crippen LogP contribution in [0.2, 0.25) is 5.02 Å². The van der Waals surface area contributed by atoms with Gasteiger partial charge in [0.05, 0.1) is 18.4 Å². The average molecular weight is 523 g/mol. The summed E-state index contributed by atoms with van der Waals surface area (Å²) in [6, 6.07) is 17.0. The summed E-state index contributed by atoms with van der Waals surface area (Å²) in [4.78, 5) is 19.6. The lowest BCUT2D eigenvalue weighted by Gasteiger charge is -2.15. The number of esters is 1. The summed E-state index contributed by atoms with van der Waals surface area (Å²) in [6.07, 6.45) is 0.0612. The lowest BCUT2D eigenvalue weighted by Crippen LogP contribution is -2.13. The average Bonchev–Trinajstić information content (AvgIpc) is 3.26. The molecule has 4 aromatic rings. The highest BCUT2D eigenvalue weighted by molar-refractivity contribution is 6.33. The fourth-order valence-electron chi connectivity index (χ4n) is 4.24. The maximum Gasteiger partial charge on any atom is 0.337 e. The van der Waals surface area contributed by atoms with Gasteiger partial charge in [0.2, 0.25) is 6.36 Å². The Kier molecular flexibility index (Phi) is 7.74. The maximum atomic E-state index is 14.3. The number of carbonyl (C=O) groups is 1. The second-order valence-corrected chi connectivity index (χ2v) is 8.63. The largest absolute Gasteiger partial charge is 0.465 e. The highest BCUT2D eigenvalue weighted by Crippen LogP contribution is 2.37. The smallest absolute Gasteiger partial charge is 0.337 e. The molecule has 0 saturated heterocycles. The predicted molar refractivity (Wildman–Crippen MR) is 143 cm³/mol. The third kappa shape index (κ3) is 5.27. The van der Waals surface area contributed by atoms with Crippen LogP contribution in [0.3, 0.4) is 0 Å². The highest BCUT2D eigenvalue weighted by atomic mass is 35.5. The molecule has 1 unspecified atom stereocenters. The standard InChI is InChI=1S/C29H25ClF2N2O3/c1-5-25(37-16(2)31)28(33-3)26-22-15-20(32)10-12-24(22)34-27(26)18-8-6-7-17(13-18)21-11-9-19(14-23(21)30)29(35)36-4/h5-16,34H,1-4H3/b25-5+,33-28+. The van der Waals surface area contributed by atoms with Gasteiger partial charge in [-0.1, -0.05) is 35.9 Å². The predicted octanol–water partition coefficient (Wildman–Crippen LogP) is 7.74. The molecule has 4 rings (SSSR count). The Morgan fingerprint density at radius 1 is 1.11 bits per heavy atom. The first-order chi connectivity index (χ1) is 17.8. The third-order valence-electron chi connectivity index (χ3n) is 5.86. The molecule has 0 fully saturated rings. The van der Waals surface area contributed by atoms with Gasteiger partial charge in [0.1, 0.15) is 17.3 Å². The Labute approximate surface area is 218 Å². The van der Waals surface area contributed by atoms with Crippen molar-refractivity contribution in [2.45, 2.75) is 20.2 Å². The monoisotopic (exact) mass is 522 g/mol. The Balaban J connectivity index is 1.91. The number of alkyl halides is 1. The van der Waals surface area contributed by atoms with Gasteiger partial charge in [-0.3, -0.25) is 4.99 Å². The number of aromatic amines is 1. The number of ether oxygens (including phenoxy) is 2. The van der Waals surface area contributed by atoms with Crippen LogP contribution >= 0.6 is 11.6 Å². The van der Waals surface area contributed by atoms with Crippen molar-refractivity contribution in [2.75, 3.05) is 14.2 Å². The summed E-state index contributed by atoms with van der Waals surface area (Å²) in [6.45, 7) is 3.00. The van der Waals surface area contributed by atoms with Gasteiger partial charge in [0, 0.05) is 41.0 Å². The number of H-pyrrole nitrogens is 1. The van der Waals surface area contributed by atoms with Gasteiger partial charge in [-0.05, 0) is 60.5 Å². The van der Waals surface area contributed by atoms with Gasteiger partial charge in [-0.2, -0.15) is 0 Å². The molecule has 37 heavy (non-hydrogen) atoms. The zero-order valence-electron chi connectivity index (χ0n) is 20.7. The van der Waals surface area contributed by atoms with E-state index < -0.39 is 18.1 Å². The summed E-state index contributed by atoms with van der Waals surface area (Å²) >= 11 is 6.52. The molecule has 0 saturated carbocycles. The van der Waals surface area contributed by atoms with Crippen molar-refractivity contribution in [2.24, 2.45) is 4.99 Å². The number of fused-ring (bicyclic) bond motifs is 1. The van der Waals surface area contributed by atoms with Crippen molar-refractivity contribution >= 4 is 34.2 Å². The summed E-state index contributed by atoms with van der Waals surface area (Å²) in [5.74, 6) is -0.655. The molecule has 0 aliphatic carbocycles. The van der Waals surface area contributed by atoms with E-state index in [1.807, 2.05) is 24.3 Å². The molecule has 0 radical (unpaired) electrons. The van der Waals surface area contributed by atoms with Crippen LogP contribution in [0.15, 0.2) is 77.5 Å². The minimum absolute atomic E-state index is 0.238. The van der Waals surface area contributed by atoms with E-state index in [2.05, 4.69) is 9.98 Å².